The van der Waals surface area contributed by atoms with Crippen LogP contribution in [0.1, 0.15) is 21.7 Å². The smallest absolute Gasteiger partial charge is 0.353 e. The first-order chi connectivity index (χ1) is 15.2. The number of aromatic nitrogens is 3. The average Bonchev–Trinajstić information content (AvgIpc) is 2.79. The molecule has 1 aliphatic rings. The van der Waals surface area contributed by atoms with Crippen molar-refractivity contribution in [3.8, 4) is 5.69 Å². The molecule has 0 saturated carbocycles. The highest BCUT2D eigenvalue weighted by Gasteiger charge is 2.31. The van der Waals surface area contributed by atoms with E-state index in [-0.39, 0.29) is 11.4 Å². The van der Waals surface area contributed by atoms with Gasteiger partial charge in [-0.15, -0.1) is 0 Å². The molecule has 0 spiro atoms. The van der Waals surface area contributed by atoms with Gasteiger partial charge in [-0.25, -0.2) is 9.67 Å². The number of pyridine rings is 1. The molecular formula is C22H20F3N5O2. The van der Waals surface area contributed by atoms with Crippen molar-refractivity contribution < 1.29 is 18.0 Å². The molecule has 166 valence electrons. The molecule has 32 heavy (non-hydrogen) atoms. The van der Waals surface area contributed by atoms with Crippen molar-refractivity contribution in [3.05, 3.63) is 81.9 Å². The van der Waals surface area contributed by atoms with E-state index in [9.17, 15) is 22.8 Å². The number of amides is 1. The predicted molar refractivity (Wildman–Crippen MR) is 112 cm³/mol. The summed E-state index contributed by atoms with van der Waals surface area (Å²) < 4.78 is 40.5. The number of alkyl halides is 3. The van der Waals surface area contributed by atoms with Crippen LogP contribution >= 0.6 is 0 Å². The van der Waals surface area contributed by atoms with Gasteiger partial charge in [0.1, 0.15) is 5.82 Å². The van der Waals surface area contributed by atoms with E-state index in [2.05, 4.69) is 10.1 Å². The zero-order chi connectivity index (χ0) is 22.9. The van der Waals surface area contributed by atoms with Crippen molar-refractivity contribution in [3.63, 3.8) is 0 Å². The Morgan fingerprint density at radius 2 is 1.75 bits per heavy atom. The quantitative estimate of drug-likeness (QED) is 0.623. The highest BCUT2D eigenvalue weighted by atomic mass is 19.4. The predicted octanol–water partition coefficient (Wildman–Crippen LogP) is 2.92. The minimum atomic E-state index is -4.52. The van der Waals surface area contributed by atoms with Crippen LogP contribution in [0, 0.1) is 6.92 Å². The Morgan fingerprint density at radius 3 is 2.41 bits per heavy atom. The number of aryl methyl sites for hydroxylation is 1. The fourth-order valence-corrected chi connectivity index (χ4v) is 3.60. The number of carbonyl (C=O) groups excluding carboxylic acids is 1. The van der Waals surface area contributed by atoms with Gasteiger partial charge in [0.05, 0.1) is 11.3 Å². The van der Waals surface area contributed by atoms with Gasteiger partial charge in [0.2, 0.25) is 5.43 Å². The van der Waals surface area contributed by atoms with Crippen LogP contribution in [0.2, 0.25) is 0 Å². The van der Waals surface area contributed by atoms with E-state index >= 15 is 0 Å². The first-order valence-electron chi connectivity index (χ1n) is 9.98. The van der Waals surface area contributed by atoms with E-state index in [1.54, 1.807) is 13.1 Å². The van der Waals surface area contributed by atoms with Crippen LogP contribution in [-0.2, 0) is 6.18 Å². The van der Waals surface area contributed by atoms with E-state index in [1.165, 1.54) is 27.8 Å². The number of piperazine rings is 1. The second-order valence-electron chi connectivity index (χ2n) is 7.43. The van der Waals surface area contributed by atoms with Crippen LogP contribution in [0.3, 0.4) is 0 Å². The maximum Gasteiger partial charge on any atom is 0.416 e. The van der Waals surface area contributed by atoms with Crippen molar-refractivity contribution in [1.82, 2.24) is 19.7 Å². The zero-order valence-corrected chi connectivity index (χ0v) is 17.2. The van der Waals surface area contributed by atoms with Crippen molar-refractivity contribution >= 4 is 11.7 Å². The van der Waals surface area contributed by atoms with Gasteiger partial charge in [0.25, 0.3) is 5.91 Å². The van der Waals surface area contributed by atoms with Gasteiger partial charge in [-0.3, -0.25) is 9.59 Å². The van der Waals surface area contributed by atoms with Crippen molar-refractivity contribution in [2.24, 2.45) is 0 Å². The molecule has 0 unspecified atom stereocenters. The number of hydrogen-bond donors (Lipinski definition) is 0. The second-order valence-corrected chi connectivity index (χ2v) is 7.43. The molecule has 1 aliphatic heterocycles. The first-order valence-corrected chi connectivity index (χ1v) is 9.98. The molecule has 1 amide bonds. The fourth-order valence-electron chi connectivity index (χ4n) is 3.60. The summed E-state index contributed by atoms with van der Waals surface area (Å²) in [7, 11) is 0. The number of halogens is 3. The summed E-state index contributed by atoms with van der Waals surface area (Å²) >= 11 is 0. The molecule has 7 nitrogen and oxygen atoms in total. The van der Waals surface area contributed by atoms with E-state index in [4.69, 9.17) is 0 Å². The van der Waals surface area contributed by atoms with E-state index in [1.807, 2.05) is 23.1 Å². The van der Waals surface area contributed by atoms with Gasteiger partial charge in [0, 0.05) is 44.1 Å². The normalized spacial score (nSPS) is 14.5. The minimum absolute atomic E-state index is 0.117. The fraction of sp³-hybridized carbons (Fsp3) is 0.273. The molecule has 1 aromatic carbocycles. The Hall–Kier alpha value is -3.69. The Kier molecular flexibility index (Phi) is 5.68. The van der Waals surface area contributed by atoms with Gasteiger partial charge in [-0.2, -0.15) is 18.3 Å². The lowest BCUT2D eigenvalue weighted by molar-refractivity contribution is -0.137. The van der Waals surface area contributed by atoms with Crippen molar-refractivity contribution in [1.29, 1.82) is 0 Å². The molecular weight excluding hydrogens is 423 g/mol. The van der Waals surface area contributed by atoms with Crippen LogP contribution in [0.4, 0.5) is 19.0 Å². The molecule has 3 heterocycles. The topological polar surface area (TPSA) is 71.3 Å². The second kappa shape index (κ2) is 8.45. The van der Waals surface area contributed by atoms with E-state index < -0.39 is 23.1 Å². The molecule has 3 aromatic rings. The molecule has 0 N–H and O–H groups in total. The van der Waals surface area contributed by atoms with Crippen LogP contribution in [0.15, 0.2) is 59.5 Å². The maximum absolute atomic E-state index is 13.1. The van der Waals surface area contributed by atoms with E-state index in [0.29, 0.717) is 31.9 Å². The minimum Gasteiger partial charge on any atom is -0.353 e. The van der Waals surface area contributed by atoms with Crippen molar-refractivity contribution in [2.75, 3.05) is 31.1 Å². The van der Waals surface area contributed by atoms with Gasteiger partial charge in [-0.1, -0.05) is 12.1 Å². The third-order valence-electron chi connectivity index (χ3n) is 5.27. The lowest BCUT2D eigenvalue weighted by Gasteiger charge is -2.35. The Balaban J connectivity index is 1.58. The molecule has 10 heteroatoms. The molecule has 0 bridgehead atoms. The molecule has 2 aromatic heterocycles. The third-order valence-corrected chi connectivity index (χ3v) is 5.27. The standard InChI is InChI=1S/C22H20F3N5O2/c1-15-13-18(31)20(27-30(15)17-6-4-5-16(14-17)22(23,24)25)21(32)29-11-9-28(10-12-29)19-7-2-3-8-26-19/h2-8,13-14H,9-12H2,1H3. The summed E-state index contributed by atoms with van der Waals surface area (Å²) in [6.07, 6.45) is -2.83. The molecule has 1 fully saturated rings. The number of nitrogens with zero attached hydrogens (tertiary/aromatic N) is 5. The number of anilines is 1. The van der Waals surface area contributed by atoms with Crippen LogP contribution in [0.5, 0.6) is 0 Å². The van der Waals surface area contributed by atoms with E-state index in [0.717, 1.165) is 18.0 Å². The zero-order valence-electron chi connectivity index (χ0n) is 17.2. The maximum atomic E-state index is 13.1. The number of hydrogen-bond acceptors (Lipinski definition) is 5. The SMILES string of the molecule is Cc1cc(=O)c(C(=O)N2CCN(c3ccccn3)CC2)nn1-c1cccc(C(F)(F)F)c1. The lowest BCUT2D eigenvalue weighted by Crippen LogP contribution is -2.50. The Morgan fingerprint density at radius 1 is 1.00 bits per heavy atom. The first kappa shape index (κ1) is 21.5. The monoisotopic (exact) mass is 443 g/mol. The number of carbonyl (C=O) groups is 1. The summed E-state index contributed by atoms with van der Waals surface area (Å²) in [5.74, 6) is 0.261. The van der Waals surface area contributed by atoms with Gasteiger partial charge < -0.3 is 9.80 Å². The van der Waals surface area contributed by atoms with Crippen LogP contribution < -0.4 is 10.3 Å². The number of benzene rings is 1. The summed E-state index contributed by atoms with van der Waals surface area (Å²) in [5.41, 5.74) is -1.28. The van der Waals surface area contributed by atoms with Crippen LogP contribution in [-0.4, -0.2) is 51.8 Å². The molecule has 0 radical (unpaired) electrons. The Labute approximate surface area is 181 Å². The summed E-state index contributed by atoms with van der Waals surface area (Å²) in [6, 6.07) is 11.4. The number of rotatable bonds is 3. The summed E-state index contributed by atoms with van der Waals surface area (Å²) in [6.45, 7) is 3.36. The van der Waals surface area contributed by atoms with Gasteiger partial charge in [0.15, 0.2) is 5.69 Å². The average molecular weight is 443 g/mol. The van der Waals surface area contributed by atoms with Crippen molar-refractivity contribution in [2.45, 2.75) is 13.1 Å². The molecule has 1 saturated heterocycles. The van der Waals surface area contributed by atoms with Gasteiger partial charge >= 0.3 is 6.18 Å². The Bertz CT molecular complexity index is 1190. The summed E-state index contributed by atoms with van der Waals surface area (Å²) in [5, 5.41) is 4.14. The van der Waals surface area contributed by atoms with Crippen LogP contribution in [0.25, 0.3) is 5.69 Å². The largest absolute Gasteiger partial charge is 0.416 e. The highest BCUT2D eigenvalue weighted by molar-refractivity contribution is 5.92. The highest BCUT2D eigenvalue weighted by Crippen LogP contribution is 2.30. The summed E-state index contributed by atoms with van der Waals surface area (Å²) in [4.78, 5) is 33.4. The third kappa shape index (κ3) is 4.34. The lowest BCUT2D eigenvalue weighted by atomic mass is 10.2. The molecule has 4 rings (SSSR count). The molecule has 0 aliphatic carbocycles. The molecule has 0 atom stereocenters. The van der Waals surface area contributed by atoms with Gasteiger partial charge in [-0.05, 0) is 37.3 Å².